The van der Waals surface area contributed by atoms with Crippen LogP contribution in [0.4, 0.5) is 0 Å². The van der Waals surface area contributed by atoms with Crippen LogP contribution < -0.4 is 10.1 Å². The molecule has 0 bridgehead atoms. The molecule has 21 heavy (non-hydrogen) atoms. The highest BCUT2D eigenvalue weighted by atomic mass is 16.5. The van der Waals surface area contributed by atoms with Crippen molar-refractivity contribution in [2.45, 2.75) is 32.2 Å². The first-order valence-electron chi connectivity index (χ1n) is 8.42. The highest BCUT2D eigenvalue weighted by Gasteiger charge is 2.22. The summed E-state index contributed by atoms with van der Waals surface area (Å²) >= 11 is 0. The molecule has 3 rings (SSSR count). The molecule has 0 aromatic heterocycles. The van der Waals surface area contributed by atoms with Gasteiger partial charge in [0.15, 0.2) is 0 Å². The van der Waals surface area contributed by atoms with Gasteiger partial charge in [0.1, 0.15) is 5.75 Å². The summed E-state index contributed by atoms with van der Waals surface area (Å²) in [7, 11) is 2.05. The number of nitrogens with one attached hydrogen (secondary N) is 1. The number of hydrogen-bond donors (Lipinski definition) is 1. The van der Waals surface area contributed by atoms with Crippen LogP contribution in [0.25, 0.3) is 0 Å². The molecule has 0 radical (unpaired) electrons. The average Bonchev–Trinajstić information content (AvgIpc) is 3.33. The van der Waals surface area contributed by atoms with Crippen molar-refractivity contribution in [1.82, 2.24) is 10.2 Å². The number of hydrogen-bond acceptors (Lipinski definition) is 3. The minimum atomic E-state index is 0.823. The fourth-order valence-corrected chi connectivity index (χ4v) is 3.09. The van der Waals surface area contributed by atoms with Gasteiger partial charge >= 0.3 is 0 Å². The third kappa shape index (κ3) is 4.72. The largest absolute Gasteiger partial charge is 0.493 e. The third-order valence-electron chi connectivity index (χ3n) is 4.71. The Morgan fingerprint density at radius 2 is 1.76 bits per heavy atom. The summed E-state index contributed by atoms with van der Waals surface area (Å²) in [5.41, 5.74) is 1.40. The number of benzene rings is 1. The fourth-order valence-electron chi connectivity index (χ4n) is 3.09. The van der Waals surface area contributed by atoms with E-state index in [4.69, 9.17) is 4.74 Å². The van der Waals surface area contributed by atoms with E-state index in [1.807, 2.05) is 0 Å². The van der Waals surface area contributed by atoms with E-state index in [2.05, 4.69) is 41.5 Å². The van der Waals surface area contributed by atoms with Crippen LogP contribution in [0.3, 0.4) is 0 Å². The molecular weight excluding hydrogens is 260 g/mol. The molecule has 1 aromatic rings. The summed E-state index contributed by atoms with van der Waals surface area (Å²) in [6.45, 7) is 5.60. The van der Waals surface area contributed by atoms with Crippen LogP contribution in [0.1, 0.15) is 31.2 Å². The molecule has 116 valence electrons. The van der Waals surface area contributed by atoms with E-state index in [1.165, 1.54) is 50.9 Å². The second kappa shape index (κ2) is 7.28. The number of ether oxygens (including phenoxy) is 1. The molecule has 2 fully saturated rings. The van der Waals surface area contributed by atoms with E-state index in [0.29, 0.717) is 0 Å². The van der Waals surface area contributed by atoms with Gasteiger partial charge in [-0.05, 0) is 81.9 Å². The molecular formula is C18H28N2O. The van der Waals surface area contributed by atoms with Gasteiger partial charge in [-0.2, -0.15) is 0 Å². The Kier molecular flexibility index (Phi) is 5.15. The maximum absolute atomic E-state index is 5.80. The molecule has 3 nitrogen and oxygen atoms in total. The number of rotatable bonds is 7. The Bertz CT molecular complexity index is 419. The molecule has 1 heterocycles. The van der Waals surface area contributed by atoms with Crippen molar-refractivity contribution in [2.75, 3.05) is 33.3 Å². The van der Waals surface area contributed by atoms with Crippen LogP contribution in [-0.2, 0) is 6.54 Å². The maximum Gasteiger partial charge on any atom is 0.119 e. The van der Waals surface area contributed by atoms with Gasteiger partial charge in [-0.15, -0.1) is 0 Å². The van der Waals surface area contributed by atoms with Crippen LogP contribution in [0.2, 0.25) is 0 Å². The summed E-state index contributed by atoms with van der Waals surface area (Å²) in [5.74, 6) is 2.71. The fraction of sp³-hybridized carbons (Fsp3) is 0.667. The van der Waals surface area contributed by atoms with Crippen molar-refractivity contribution in [1.29, 1.82) is 0 Å². The van der Waals surface area contributed by atoms with Gasteiger partial charge in [0.05, 0.1) is 6.61 Å². The molecule has 1 saturated carbocycles. The van der Waals surface area contributed by atoms with Crippen LogP contribution in [0.15, 0.2) is 24.3 Å². The van der Waals surface area contributed by atoms with E-state index in [1.54, 1.807) is 0 Å². The van der Waals surface area contributed by atoms with Crippen molar-refractivity contribution in [3.63, 3.8) is 0 Å². The van der Waals surface area contributed by atoms with E-state index in [-0.39, 0.29) is 0 Å². The predicted octanol–water partition coefficient (Wildman–Crippen LogP) is 2.91. The lowest BCUT2D eigenvalue weighted by Crippen LogP contribution is -2.36. The van der Waals surface area contributed by atoms with E-state index >= 15 is 0 Å². The smallest absolute Gasteiger partial charge is 0.119 e. The molecule has 0 spiro atoms. The summed E-state index contributed by atoms with van der Waals surface area (Å²) in [6.07, 6.45) is 5.34. The van der Waals surface area contributed by atoms with Gasteiger partial charge in [0, 0.05) is 6.54 Å². The number of piperidine rings is 1. The Labute approximate surface area is 128 Å². The lowest BCUT2D eigenvalue weighted by molar-refractivity contribution is 0.176. The average molecular weight is 288 g/mol. The number of likely N-dealkylation sites (tertiary alicyclic amines) is 1. The van der Waals surface area contributed by atoms with Gasteiger partial charge < -0.3 is 10.1 Å². The lowest BCUT2D eigenvalue weighted by Gasteiger charge is -2.31. The van der Waals surface area contributed by atoms with Crippen LogP contribution in [0, 0.1) is 11.8 Å². The highest BCUT2D eigenvalue weighted by molar-refractivity contribution is 5.27. The van der Waals surface area contributed by atoms with Crippen molar-refractivity contribution in [3.05, 3.63) is 29.8 Å². The topological polar surface area (TPSA) is 24.5 Å². The monoisotopic (exact) mass is 288 g/mol. The normalized spacial score (nSPS) is 20.6. The molecule has 1 N–H and O–H groups in total. The summed E-state index contributed by atoms with van der Waals surface area (Å²) in [5, 5.41) is 3.30. The van der Waals surface area contributed by atoms with Gasteiger partial charge in [-0.25, -0.2) is 0 Å². The second-order valence-electron chi connectivity index (χ2n) is 6.68. The van der Waals surface area contributed by atoms with Crippen LogP contribution in [-0.4, -0.2) is 38.2 Å². The molecule has 0 unspecified atom stereocenters. The van der Waals surface area contributed by atoms with Crippen molar-refractivity contribution in [3.8, 4) is 5.75 Å². The molecule has 0 amide bonds. The van der Waals surface area contributed by atoms with Gasteiger partial charge in [-0.1, -0.05) is 12.1 Å². The zero-order chi connectivity index (χ0) is 14.5. The lowest BCUT2D eigenvalue weighted by atomic mass is 9.96. The van der Waals surface area contributed by atoms with Crippen LogP contribution >= 0.6 is 0 Å². The Hall–Kier alpha value is -1.06. The molecule has 1 aromatic carbocycles. The van der Waals surface area contributed by atoms with Crippen LogP contribution in [0.5, 0.6) is 5.75 Å². The van der Waals surface area contributed by atoms with Gasteiger partial charge in [-0.3, -0.25) is 4.90 Å². The quantitative estimate of drug-likeness (QED) is 0.835. The van der Waals surface area contributed by atoms with Crippen molar-refractivity contribution >= 4 is 0 Å². The minimum Gasteiger partial charge on any atom is -0.493 e. The molecule has 1 saturated heterocycles. The predicted molar refractivity (Wildman–Crippen MR) is 86.6 cm³/mol. The summed E-state index contributed by atoms with van der Waals surface area (Å²) in [4.78, 5) is 2.58. The summed E-state index contributed by atoms with van der Waals surface area (Å²) in [6, 6.07) is 8.71. The molecule has 3 heteroatoms. The van der Waals surface area contributed by atoms with Gasteiger partial charge in [0.25, 0.3) is 0 Å². The Morgan fingerprint density at radius 3 is 2.38 bits per heavy atom. The van der Waals surface area contributed by atoms with E-state index in [9.17, 15) is 0 Å². The minimum absolute atomic E-state index is 0.823. The summed E-state index contributed by atoms with van der Waals surface area (Å²) < 4.78 is 5.80. The van der Waals surface area contributed by atoms with Crippen molar-refractivity contribution < 1.29 is 4.74 Å². The Morgan fingerprint density at radius 1 is 1.05 bits per heavy atom. The van der Waals surface area contributed by atoms with E-state index in [0.717, 1.165) is 30.7 Å². The molecule has 1 aliphatic carbocycles. The first-order chi connectivity index (χ1) is 10.3. The number of nitrogens with zero attached hydrogens (tertiary/aromatic N) is 1. The van der Waals surface area contributed by atoms with E-state index < -0.39 is 0 Å². The first-order valence-corrected chi connectivity index (χ1v) is 8.42. The maximum atomic E-state index is 5.80. The molecule has 0 atom stereocenters. The second-order valence-corrected chi connectivity index (χ2v) is 6.68. The van der Waals surface area contributed by atoms with Gasteiger partial charge in [0.2, 0.25) is 0 Å². The van der Waals surface area contributed by atoms with Crippen molar-refractivity contribution in [2.24, 2.45) is 11.8 Å². The standard InChI is InChI=1S/C18H28N2O/c1-19-12-15-8-10-20(11-9-15)13-16-4-6-18(7-5-16)21-14-17-2-3-17/h4-7,15,17,19H,2-3,8-14H2,1H3. The Balaban J connectivity index is 1.42. The molecule has 2 aliphatic rings. The molecule has 1 aliphatic heterocycles. The first kappa shape index (κ1) is 14.9. The zero-order valence-corrected chi connectivity index (χ0v) is 13.2. The zero-order valence-electron chi connectivity index (χ0n) is 13.2. The highest BCUT2D eigenvalue weighted by Crippen LogP contribution is 2.29. The third-order valence-corrected chi connectivity index (χ3v) is 4.71. The SMILES string of the molecule is CNCC1CCN(Cc2ccc(OCC3CC3)cc2)CC1.